The normalized spacial score (nSPS) is 12.6. The lowest BCUT2D eigenvalue weighted by Crippen LogP contribution is -2.47. The number of carboxylic acids is 1. The Hall–Kier alpha value is -1.26. The monoisotopic (exact) mass is 245 g/mol. The first kappa shape index (κ1) is 14.7. The third-order valence-electron chi connectivity index (χ3n) is 1.95. The minimum absolute atomic E-state index is 0.0508. The molecule has 0 aliphatic rings. The second-order valence-corrected chi connectivity index (χ2v) is 5.27. The van der Waals surface area contributed by atoms with Crippen LogP contribution in [0.25, 0.3) is 0 Å². The van der Waals surface area contributed by atoms with E-state index < -0.39 is 16.8 Å². The molecule has 6 nitrogen and oxygen atoms in total. The van der Waals surface area contributed by atoms with E-state index in [1.54, 1.807) is 19.9 Å². The third kappa shape index (κ3) is 5.00. The summed E-state index contributed by atoms with van der Waals surface area (Å²) in [6, 6.07) is 0.736. The summed E-state index contributed by atoms with van der Waals surface area (Å²) in [5.41, 5.74) is 5.48. The molecular weight excluding hydrogens is 230 g/mol. The molecule has 0 aromatic heterocycles. The van der Waals surface area contributed by atoms with Crippen molar-refractivity contribution in [3.63, 3.8) is 0 Å². The van der Waals surface area contributed by atoms with Crippen molar-refractivity contribution >= 4 is 23.6 Å². The summed E-state index contributed by atoms with van der Waals surface area (Å²) in [7, 11) is 0. The number of hydrogen-bond acceptors (Lipinski definition) is 5. The lowest BCUT2D eigenvalue weighted by atomic mass is 10.1. The van der Waals surface area contributed by atoms with Gasteiger partial charge in [0.2, 0.25) is 5.91 Å². The SMILES string of the molecule is CC(C)(SCC(=O)NCC#N)[C@H](N)C(=O)O. The van der Waals surface area contributed by atoms with Gasteiger partial charge in [0.1, 0.15) is 12.6 Å². The number of thioether (sulfide) groups is 1. The molecule has 0 saturated carbocycles. The van der Waals surface area contributed by atoms with E-state index in [9.17, 15) is 9.59 Å². The van der Waals surface area contributed by atoms with Gasteiger partial charge in [-0.1, -0.05) is 0 Å². The Morgan fingerprint density at radius 1 is 1.62 bits per heavy atom. The van der Waals surface area contributed by atoms with Crippen molar-refractivity contribution in [2.75, 3.05) is 12.3 Å². The predicted octanol–water partition coefficient (Wildman–Crippen LogP) is -0.450. The maximum Gasteiger partial charge on any atom is 0.321 e. The standard InChI is InChI=1S/C9H15N3O3S/c1-9(2,7(11)8(14)15)16-5-6(13)12-4-3-10/h7H,4-5,11H2,1-2H3,(H,12,13)(H,14,15)/t7-/m1/s1. The fraction of sp³-hybridized carbons (Fsp3) is 0.667. The Labute approximate surface area is 98.2 Å². The molecule has 90 valence electrons. The highest BCUT2D eigenvalue weighted by Crippen LogP contribution is 2.27. The summed E-state index contributed by atoms with van der Waals surface area (Å²) in [4.78, 5) is 21.9. The molecule has 16 heavy (non-hydrogen) atoms. The summed E-state index contributed by atoms with van der Waals surface area (Å²) in [6.07, 6.45) is 0. The van der Waals surface area contributed by atoms with Gasteiger partial charge in [-0.15, -0.1) is 11.8 Å². The minimum Gasteiger partial charge on any atom is -0.480 e. The molecule has 0 spiro atoms. The van der Waals surface area contributed by atoms with Crippen molar-refractivity contribution < 1.29 is 14.7 Å². The van der Waals surface area contributed by atoms with E-state index in [1.165, 1.54) is 0 Å². The first-order valence-electron chi connectivity index (χ1n) is 4.57. The zero-order valence-electron chi connectivity index (χ0n) is 9.19. The first-order valence-corrected chi connectivity index (χ1v) is 5.56. The van der Waals surface area contributed by atoms with E-state index in [1.807, 2.05) is 0 Å². The minimum atomic E-state index is -1.10. The largest absolute Gasteiger partial charge is 0.480 e. The number of aliphatic carboxylic acids is 1. The smallest absolute Gasteiger partial charge is 0.321 e. The van der Waals surface area contributed by atoms with Gasteiger partial charge in [0.15, 0.2) is 0 Å². The van der Waals surface area contributed by atoms with Crippen molar-refractivity contribution in [1.82, 2.24) is 5.32 Å². The van der Waals surface area contributed by atoms with E-state index >= 15 is 0 Å². The number of carboxylic acid groups (broad SMARTS) is 1. The second kappa shape index (κ2) is 6.35. The number of nitriles is 1. The van der Waals surface area contributed by atoms with Crippen LogP contribution in [0, 0.1) is 11.3 Å². The number of amides is 1. The zero-order chi connectivity index (χ0) is 12.8. The highest BCUT2D eigenvalue weighted by Gasteiger charge is 2.32. The molecule has 1 amide bonds. The molecule has 0 rings (SSSR count). The Kier molecular flexibility index (Phi) is 5.85. The summed E-state index contributed by atoms with van der Waals surface area (Å²) < 4.78 is -0.740. The molecule has 4 N–H and O–H groups in total. The van der Waals surface area contributed by atoms with Crippen LogP contribution in [-0.4, -0.2) is 40.1 Å². The van der Waals surface area contributed by atoms with Gasteiger partial charge in [-0.2, -0.15) is 5.26 Å². The molecule has 0 bridgehead atoms. The van der Waals surface area contributed by atoms with Gasteiger partial charge in [0.05, 0.1) is 11.8 Å². The third-order valence-corrected chi connectivity index (χ3v) is 3.36. The van der Waals surface area contributed by atoms with Gasteiger partial charge >= 0.3 is 5.97 Å². The van der Waals surface area contributed by atoms with Crippen molar-refractivity contribution in [3.05, 3.63) is 0 Å². The topological polar surface area (TPSA) is 116 Å². The van der Waals surface area contributed by atoms with Crippen LogP contribution in [0.2, 0.25) is 0 Å². The Balaban J connectivity index is 4.14. The molecule has 0 aliphatic carbocycles. The number of carbonyl (C=O) groups is 2. The average Bonchev–Trinajstić information content (AvgIpc) is 2.22. The maximum absolute atomic E-state index is 11.2. The maximum atomic E-state index is 11.2. The Morgan fingerprint density at radius 3 is 2.62 bits per heavy atom. The van der Waals surface area contributed by atoms with Crippen LogP contribution in [0.5, 0.6) is 0 Å². The van der Waals surface area contributed by atoms with Crippen molar-refractivity contribution in [2.45, 2.75) is 24.6 Å². The molecule has 0 saturated heterocycles. The molecule has 7 heteroatoms. The lowest BCUT2D eigenvalue weighted by Gasteiger charge is -2.27. The number of rotatable bonds is 6. The quantitative estimate of drug-likeness (QED) is 0.546. The van der Waals surface area contributed by atoms with Gasteiger partial charge in [0.25, 0.3) is 0 Å². The molecule has 0 fully saturated rings. The van der Waals surface area contributed by atoms with Crippen molar-refractivity contribution in [2.24, 2.45) is 5.73 Å². The summed E-state index contributed by atoms with van der Waals surface area (Å²) in [5.74, 6) is -1.33. The predicted molar refractivity (Wildman–Crippen MR) is 60.8 cm³/mol. The molecule has 0 aromatic rings. The van der Waals surface area contributed by atoms with Crippen molar-refractivity contribution in [3.8, 4) is 6.07 Å². The first-order chi connectivity index (χ1) is 7.31. The molecular formula is C9H15N3O3S. The number of hydrogen-bond donors (Lipinski definition) is 3. The van der Waals surface area contributed by atoms with E-state index in [0.29, 0.717) is 0 Å². The summed E-state index contributed by atoms with van der Waals surface area (Å²) >= 11 is 1.15. The molecule has 0 aromatic carbocycles. The van der Waals surface area contributed by atoms with E-state index in [4.69, 9.17) is 16.1 Å². The Bertz CT molecular complexity index is 312. The van der Waals surface area contributed by atoms with Crippen LogP contribution in [0.15, 0.2) is 0 Å². The fourth-order valence-electron chi connectivity index (χ4n) is 0.828. The molecule has 0 aliphatic heterocycles. The number of nitrogens with one attached hydrogen (secondary N) is 1. The average molecular weight is 245 g/mol. The van der Waals surface area contributed by atoms with Gasteiger partial charge in [0, 0.05) is 4.75 Å². The van der Waals surface area contributed by atoms with Crippen LogP contribution in [0.4, 0.5) is 0 Å². The molecule has 0 heterocycles. The van der Waals surface area contributed by atoms with Gasteiger partial charge in [-0.25, -0.2) is 0 Å². The molecule has 0 unspecified atom stereocenters. The van der Waals surface area contributed by atoms with Crippen molar-refractivity contribution in [1.29, 1.82) is 5.26 Å². The molecule has 0 radical (unpaired) electrons. The van der Waals surface area contributed by atoms with E-state index in [2.05, 4.69) is 5.32 Å². The van der Waals surface area contributed by atoms with Crippen LogP contribution in [0.1, 0.15) is 13.8 Å². The highest BCUT2D eigenvalue weighted by molar-refractivity contribution is 8.01. The molecule has 1 atom stereocenters. The summed E-state index contributed by atoms with van der Waals surface area (Å²) in [5, 5.41) is 19.3. The van der Waals surface area contributed by atoms with Crippen LogP contribution in [0.3, 0.4) is 0 Å². The Morgan fingerprint density at radius 2 is 2.19 bits per heavy atom. The van der Waals surface area contributed by atoms with Crippen LogP contribution < -0.4 is 11.1 Å². The van der Waals surface area contributed by atoms with E-state index in [0.717, 1.165) is 11.8 Å². The number of carbonyl (C=O) groups excluding carboxylic acids is 1. The van der Waals surface area contributed by atoms with Gasteiger partial charge in [-0.3, -0.25) is 9.59 Å². The van der Waals surface area contributed by atoms with Gasteiger partial charge < -0.3 is 16.2 Å². The highest BCUT2D eigenvalue weighted by atomic mass is 32.2. The number of nitrogens with zero attached hydrogens (tertiary/aromatic N) is 1. The van der Waals surface area contributed by atoms with Crippen LogP contribution >= 0.6 is 11.8 Å². The fourth-order valence-corrected chi connectivity index (χ4v) is 1.71. The second-order valence-electron chi connectivity index (χ2n) is 3.64. The van der Waals surface area contributed by atoms with Gasteiger partial charge in [-0.05, 0) is 13.8 Å². The number of nitrogens with two attached hydrogens (primary N) is 1. The lowest BCUT2D eigenvalue weighted by molar-refractivity contribution is -0.139. The van der Waals surface area contributed by atoms with Crippen LogP contribution in [-0.2, 0) is 9.59 Å². The summed E-state index contributed by atoms with van der Waals surface area (Å²) in [6.45, 7) is 3.27. The zero-order valence-corrected chi connectivity index (χ0v) is 10.0. The van der Waals surface area contributed by atoms with E-state index in [-0.39, 0.29) is 18.2 Å².